The van der Waals surface area contributed by atoms with Crippen LogP contribution in [0, 0.1) is 6.92 Å². The molecule has 0 aliphatic carbocycles. The van der Waals surface area contributed by atoms with Crippen LogP contribution in [-0.4, -0.2) is 12.5 Å². The summed E-state index contributed by atoms with van der Waals surface area (Å²) in [6.45, 7) is 2.20. The van der Waals surface area contributed by atoms with Crippen LogP contribution in [0.4, 0.5) is 5.69 Å². The monoisotopic (exact) mass is 179 g/mol. The van der Waals surface area contributed by atoms with Crippen molar-refractivity contribution >= 4 is 11.6 Å². The van der Waals surface area contributed by atoms with Gasteiger partial charge >= 0.3 is 0 Å². The normalized spacial score (nSPS) is 9.38. The van der Waals surface area contributed by atoms with Gasteiger partial charge in [0, 0.05) is 5.69 Å². The third kappa shape index (κ3) is 3.13. The van der Waals surface area contributed by atoms with Crippen molar-refractivity contribution < 1.29 is 4.79 Å². The quantitative estimate of drug-likeness (QED) is 0.357. The molecule has 0 bridgehead atoms. The van der Waals surface area contributed by atoms with Crippen LogP contribution in [-0.2, 0) is 4.79 Å². The Balaban J connectivity index is 2.46. The van der Waals surface area contributed by atoms with E-state index in [2.05, 4.69) is 5.32 Å². The average molecular weight is 179 g/mol. The van der Waals surface area contributed by atoms with Crippen LogP contribution in [0.1, 0.15) is 5.56 Å². The van der Waals surface area contributed by atoms with Crippen molar-refractivity contribution in [3.05, 3.63) is 29.8 Å². The third-order valence-corrected chi connectivity index (χ3v) is 1.67. The van der Waals surface area contributed by atoms with Gasteiger partial charge in [0.1, 0.15) is 0 Å². The van der Waals surface area contributed by atoms with Crippen LogP contribution in [0.5, 0.6) is 0 Å². The second-order valence-electron chi connectivity index (χ2n) is 2.79. The smallest absolute Gasteiger partial charge is 0.253 e. The van der Waals surface area contributed by atoms with Crippen LogP contribution in [0.25, 0.3) is 0 Å². The molecule has 4 nitrogen and oxygen atoms in total. The summed E-state index contributed by atoms with van der Waals surface area (Å²) in [4.78, 5) is 10.8. The number of benzene rings is 1. The summed E-state index contributed by atoms with van der Waals surface area (Å²) in [6, 6.07) is 7.78. The van der Waals surface area contributed by atoms with E-state index in [0.717, 1.165) is 5.69 Å². The maximum Gasteiger partial charge on any atom is 0.253 e. The van der Waals surface area contributed by atoms with Crippen molar-refractivity contribution in [1.82, 2.24) is 5.43 Å². The summed E-state index contributed by atoms with van der Waals surface area (Å²) in [5.74, 6) is 4.69. The number of carbonyl (C=O) groups excluding carboxylic acids is 1. The Bertz CT molecular complexity index is 281. The first kappa shape index (κ1) is 9.54. The first-order valence-electron chi connectivity index (χ1n) is 4.02. The second-order valence-corrected chi connectivity index (χ2v) is 2.79. The lowest BCUT2D eigenvalue weighted by atomic mass is 10.2. The standard InChI is InChI=1S/C9H13N3O/c1-7-2-4-8(5-3-7)11-6-9(13)12-10/h2-5,11H,6,10H2,1H3,(H,12,13). The Morgan fingerprint density at radius 3 is 2.54 bits per heavy atom. The number of hydrazine groups is 1. The molecule has 13 heavy (non-hydrogen) atoms. The molecular weight excluding hydrogens is 166 g/mol. The minimum absolute atomic E-state index is 0.194. The summed E-state index contributed by atoms with van der Waals surface area (Å²) in [6.07, 6.45) is 0. The molecule has 70 valence electrons. The van der Waals surface area contributed by atoms with E-state index >= 15 is 0 Å². The minimum atomic E-state index is -0.236. The molecule has 0 unspecified atom stereocenters. The van der Waals surface area contributed by atoms with Crippen molar-refractivity contribution in [2.45, 2.75) is 6.92 Å². The highest BCUT2D eigenvalue weighted by Crippen LogP contribution is 2.07. The predicted molar refractivity (Wildman–Crippen MR) is 52.0 cm³/mol. The number of nitrogens with two attached hydrogens (primary N) is 1. The van der Waals surface area contributed by atoms with Crippen molar-refractivity contribution in [1.29, 1.82) is 0 Å². The molecule has 1 amide bonds. The highest BCUT2D eigenvalue weighted by molar-refractivity contribution is 5.79. The number of amides is 1. The number of nitrogens with one attached hydrogen (secondary N) is 2. The van der Waals surface area contributed by atoms with Crippen LogP contribution >= 0.6 is 0 Å². The molecule has 0 spiro atoms. The van der Waals surface area contributed by atoms with E-state index in [1.165, 1.54) is 5.56 Å². The zero-order valence-corrected chi connectivity index (χ0v) is 7.50. The summed E-state index contributed by atoms with van der Waals surface area (Å²) in [5, 5.41) is 2.93. The van der Waals surface area contributed by atoms with Gasteiger partial charge in [-0.05, 0) is 19.1 Å². The molecule has 0 radical (unpaired) electrons. The summed E-state index contributed by atoms with van der Waals surface area (Å²) >= 11 is 0. The zero-order valence-electron chi connectivity index (χ0n) is 7.50. The fourth-order valence-corrected chi connectivity index (χ4v) is 0.905. The number of rotatable bonds is 3. The Labute approximate surface area is 77.1 Å². The first-order valence-corrected chi connectivity index (χ1v) is 4.02. The molecule has 0 heterocycles. The molecular formula is C9H13N3O. The van der Waals surface area contributed by atoms with E-state index in [1.807, 2.05) is 36.6 Å². The van der Waals surface area contributed by atoms with Gasteiger partial charge in [-0.2, -0.15) is 0 Å². The summed E-state index contributed by atoms with van der Waals surface area (Å²) in [7, 11) is 0. The maximum absolute atomic E-state index is 10.8. The molecule has 4 heteroatoms. The van der Waals surface area contributed by atoms with Crippen LogP contribution in [0.3, 0.4) is 0 Å². The van der Waals surface area contributed by atoms with Crippen LogP contribution < -0.4 is 16.6 Å². The van der Waals surface area contributed by atoms with E-state index in [4.69, 9.17) is 5.84 Å². The van der Waals surface area contributed by atoms with Crippen LogP contribution in [0.2, 0.25) is 0 Å². The zero-order chi connectivity index (χ0) is 9.68. The molecule has 1 aromatic rings. The first-order chi connectivity index (χ1) is 6.22. The molecule has 4 N–H and O–H groups in total. The third-order valence-electron chi connectivity index (χ3n) is 1.67. The molecule has 1 rings (SSSR count). The van der Waals surface area contributed by atoms with Crippen molar-refractivity contribution in [2.24, 2.45) is 5.84 Å². The lowest BCUT2D eigenvalue weighted by molar-refractivity contribution is -0.119. The van der Waals surface area contributed by atoms with E-state index in [1.54, 1.807) is 0 Å². The van der Waals surface area contributed by atoms with Gasteiger partial charge in [0.15, 0.2) is 0 Å². The van der Waals surface area contributed by atoms with Gasteiger partial charge in [0.2, 0.25) is 0 Å². The Morgan fingerprint density at radius 2 is 2.00 bits per heavy atom. The highest BCUT2D eigenvalue weighted by atomic mass is 16.2. The van der Waals surface area contributed by atoms with Gasteiger partial charge < -0.3 is 5.32 Å². The molecule has 0 saturated heterocycles. The maximum atomic E-state index is 10.8. The molecule has 0 atom stereocenters. The largest absolute Gasteiger partial charge is 0.376 e. The molecule has 1 aromatic carbocycles. The van der Waals surface area contributed by atoms with Gasteiger partial charge in [-0.25, -0.2) is 5.84 Å². The van der Waals surface area contributed by atoms with Gasteiger partial charge in [0.25, 0.3) is 5.91 Å². The number of hydrogen-bond donors (Lipinski definition) is 3. The number of aryl methyl sites for hydroxylation is 1. The minimum Gasteiger partial charge on any atom is -0.376 e. The Morgan fingerprint density at radius 1 is 1.38 bits per heavy atom. The van der Waals surface area contributed by atoms with Crippen molar-refractivity contribution in [3.8, 4) is 0 Å². The number of anilines is 1. The predicted octanol–water partition coefficient (Wildman–Crippen LogP) is 0.397. The molecule has 0 aromatic heterocycles. The van der Waals surface area contributed by atoms with Crippen molar-refractivity contribution in [2.75, 3.05) is 11.9 Å². The van der Waals surface area contributed by atoms with Gasteiger partial charge in [-0.1, -0.05) is 17.7 Å². The van der Waals surface area contributed by atoms with Gasteiger partial charge in [0.05, 0.1) is 6.54 Å². The summed E-state index contributed by atoms with van der Waals surface area (Å²) < 4.78 is 0. The van der Waals surface area contributed by atoms with Crippen LogP contribution in [0.15, 0.2) is 24.3 Å². The van der Waals surface area contributed by atoms with E-state index in [0.29, 0.717) is 0 Å². The van der Waals surface area contributed by atoms with E-state index < -0.39 is 0 Å². The van der Waals surface area contributed by atoms with E-state index in [9.17, 15) is 4.79 Å². The second kappa shape index (κ2) is 4.47. The van der Waals surface area contributed by atoms with E-state index in [-0.39, 0.29) is 12.5 Å². The molecule has 0 aliphatic heterocycles. The topological polar surface area (TPSA) is 67.2 Å². The van der Waals surface area contributed by atoms with Gasteiger partial charge in [-0.15, -0.1) is 0 Å². The SMILES string of the molecule is Cc1ccc(NCC(=O)NN)cc1. The lowest BCUT2D eigenvalue weighted by Crippen LogP contribution is -2.35. The molecule has 0 aliphatic rings. The summed E-state index contributed by atoms with van der Waals surface area (Å²) in [5.41, 5.74) is 4.15. The fraction of sp³-hybridized carbons (Fsp3) is 0.222. The lowest BCUT2D eigenvalue weighted by Gasteiger charge is -2.04. The average Bonchev–Trinajstić information content (AvgIpc) is 2.16. The highest BCUT2D eigenvalue weighted by Gasteiger charge is 1.96. The molecule has 0 fully saturated rings. The van der Waals surface area contributed by atoms with Crippen molar-refractivity contribution in [3.63, 3.8) is 0 Å². The fourth-order valence-electron chi connectivity index (χ4n) is 0.905. The number of hydrogen-bond acceptors (Lipinski definition) is 3. The Kier molecular flexibility index (Phi) is 3.28. The number of carbonyl (C=O) groups is 1. The van der Waals surface area contributed by atoms with Gasteiger partial charge in [-0.3, -0.25) is 10.2 Å². The Hall–Kier alpha value is -1.55. The molecule has 0 saturated carbocycles.